The molecule has 0 aromatic heterocycles. The van der Waals surface area contributed by atoms with Crippen molar-refractivity contribution in [3.8, 4) is 11.5 Å². The zero-order chi connectivity index (χ0) is 20.0. The molecule has 0 saturated carbocycles. The summed E-state index contributed by atoms with van der Waals surface area (Å²) in [5, 5.41) is 2.64. The van der Waals surface area contributed by atoms with Crippen LogP contribution in [0.1, 0.15) is 5.56 Å². The van der Waals surface area contributed by atoms with Crippen molar-refractivity contribution in [2.75, 3.05) is 11.9 Å². The second-order valence-corrected chi connectivity index (χ2v) is 7.89. The molecule has 0 saturated heterocycles. The molecule has 3 aromatic rings. The van der Waals surface area contributed by atoms with Gasteiger partial charge in [0.15, 0.2) is 0 Å². The summed E-state index contributed by atoms with van der Waals surface area (Å²) in [6.07, 6.45) is 0. The van der Waals surface area contributed by atoms with E-state index in [2.05, 4.69) is 10.0 Å². The van der Waals surface area contributed by atoms with Crippen LogP contribution < -0.4 is 14.8 Å². The maximum atomic E-state index is 12.2. The predicted octanol–water partition coefficient (Wildman–Crippen LogP) is 3.70. The average molecular weight is 396 g/mol. The quantitative estimate of drug-likeness (QED) is 0.638. The van der Waals surface area contributed by atoms with Crippen molar-refractivity contribution in [3.05, 3.63) is 84.4 Å². The topological polar surface area (TPSA) is 84.5 Å². The minimum Gasteiger partial charge on any atom is -0.457 e. The molecule has 0 aliphatic rings. The molecule has 0 radical (unpaired) electrons. The molecule has 0 spiro atoms. The fourth-order valence-corrected chi connectivity index (χ4v) is 3.38. The van der Waals surface area contributed by atoms with E-state index in [1.54, 1.807) is 36.4 Å². The highest BCUT2D eigenvalue weighted by atomic mass is 32.2. The van der Waals surface area contributed by atoms with Crippen molar-refractivity contribution < 1.29 is 17.9 Å². The second kappa shape index (κ2) is 8.69. The Balaban J connectivity index is 1.54. The first kappa shape index (κ1) is 19.6. The Kier molecular flexibility index (Phi) is 6.08. The van der Waals surface area contributed by atoms with Gasteiger partial charge in [-0.2, -0.15) is 0 Å². The molecule has 7 heteroatoms. The van der Waals surface area contributed by atoms with Gasteiger partial charge in [-0.1, -0.05) is 35.9 Å². The van der Waals surface area contributed by atoms with E-state index in [-0.39, 0.29) is 11.4 Å². The first-order valence-corrected chi connectivity index (χ1v) is 10.1. The predicted molar refractivity (Wildman–Crippen MR) is 108 cm³/mol. The van der Waals surface area contributed by atoms with Crippen LogP contribution in [0.3, 0.4) is 0 Å². The molecule has 28 heavy (non-hydrogen) atoms. The third-order valence-electron chi connectivity index (χ3n) is 3.87. The number of amides is 1. The standard InChI is InChI=1S/C21H20N2O4S/c1-16-7-13-20(14-8-16)28(25,26)22-15-21(24)23-17-9-11-19(12-10-17)27-18-5-3-2-4-6-18/h2-14,22H,15H2,1H3,(H,23,24). The Bertz CT molecular complexity index is 1030. The molecule has 144 valence electrons. The van der Waals surface area contributed by atoms with Gasteiger partial charge in [-0.05, 0) is 55.5 Å². The lowest BCUT2D eigenvalue weighted by molar-refractivity contribution is -0.115. The Labute approximate surface area is 164 Å². The van der Waals surface area contributed by atoms with Gasteiger partial charge in [-0.3, -0.25) is 4.79 Å². The van der Waals surface area contributed by atoms with E-state index in [4.69, 9.17) is 4.74 Å². The van der Waals surface area contributed by atoms with Gasteiger partial charge in [0.05, 0.1) is 11.4 Å². The van der Waals surface area contributed by atoms with Crippen LogP contribution in [0, 0.1) is 6.92 Å². The van der Waals surface area contributed by atoms with Gasteiger partial charge >= 0.3 is 0 Å². The lowest BCUT2D eigenvalue weighted by Gasteiger charge is -2.09. The molecule has 0 fully saturated rings. The number of ether oxygens (including phenoxy) is 1. The van der Waals surface area contributed by atoms with Crippen LogP contribution in [0.2, 0.25) is 0 Å². The van der Waals surface area contributed by atoms with Crippen molar-refractivity contribution >= 4 is 21.6 Å². The summed E-state index contributed by atoms with van der Waals surface area (Å²) in [5.41, 5.74) is 1.50. The summed E-state index contributed by atoms with van der Waals surface area (Å²) in [6, 6.07) is 22.6. The zero-order valence-electron chi connectivity index (χ0n) is 15.3. The van der Waals surface area contributed by atoms with Crippen LogP contribution in [0.15, 0.2) is 83.8 Å². The number of sulfonamides is 1. The normalized spacial score (nSPS) is 11.0. The maximum Gasteiger partial charge on any atom is 0.241 e. The highest BCUT2D eigenvalue weighted by Crippen LogP contribution is 2.22. The van der Waals surface area contributed by atoms with E-state index in [1.807, 2.05) is 37.3 Å². The number of anilines is 1. The minimum atomic E-state index is -3.74. The fourth-order valence-electron chi connectivity index (χ4n) is 2.40. The molecule has 0 unspecified atom stereocenters. The summed E-state index contributed by atoms with van der Waals surface area (Å²) in [4.78, 5) is 12.2. The molecule has 1 amide bonds. The molecule has 6 nitrogen and oxygen atoms in total. The van der Waals surface area contributed by atoms with E-state index < -0.39 is 15.9 Å². The van der Waals surface area contributed by atoms with Crippen LogP contribution in [-0.2, 0) is 14.8 Å². The number of para-hydroxylation sites is 1. The SMILES string of the molecule is Cc1ccc(S(=O)(=O)NCC(=O)Nc2ccc(Oc3ccccc3)cc2)cc1. The average Bonchev–Trinajstić information content (AvgIpc) is 2.69. The first-order chi connectivity index (χ1) is 13.4. The summed E-state index contributed by atoms with van der Waals surface area (Å²) in [7, 11) is -3.74. The van der Waals surface area contributed by atoms with E-state index in [9.17, 15) is 13.2 Å². The summed E-state index contributed by atoms with van der Waals surface area (Å²) in [5.74, 6) is 0.876. The van der Waals surface area contributed by atoms with Crippen molar-refractivity contribution in [2.45, 2.75) is 11.8 Å². The van der Waals surface area contributed by atoms with Gasteiger partial charge < -0.3 is 10.1 Å². The summed E-state index contributed by atoms with van der Waals surface area (Å²) >= 11 is 0. The number of rotatable bonds is 7. The largest absolute Gasteiger partial charge is 0.457 e. The molecule has 0 bridgehead atoms. The number of benzene rings is 3. The minimum absolute atomic E-state index is 0.119. The Morgan fingerprint density at radius 1 is 0.857 bits per heavy atom. The third-order valence-corrected chi connectivity index (χ3v) is 5.29. The van der Waals surface area contributed by atoms with Crippen molar-refractivity contribution in [1.82, 2.24) is 4.72 Å². The number of aryl methyl sites for hydroxylation is 1. The van der Waals surface area contributed by atoms with E-state index >= 15 is 0 Å². The highest BCUT2D eigenvalue weighted by molar-refractivity contribution is 7.89. The van der Waals surface area contributed by atoms with Crippen molar-refractivity contribution in [1.29, 1.82) is 0 Å². The molecule has 0 heterocycles. The number of carbonyl (C=O) groups is 1. The molecular formula is C21H20N2O4S. The Morgan fingerprint density at radius 2 is 1.46 bits per heavy atom. The molecule has 0 aliphatic carbocycles. The van der Waals surface area contributed by atoms with E-state index in [1.165, 1.54) is 12.1 Å². The van der Waals surface area contributed by atoms with Crippen LogP contribution in [0.4, 0.5) is 5.69 Å². The number of hydrogen-bond acceptors (Lipinski definition) is 4. The molecule has 0 aliphatic heterocycles. The lowest BCUT2D eigenvalue weighted by atomic mass is 10.2. The molecule has 3 rings (SSSR count). The van der Waals surface area contributed by atoms with Gasteiger partial charge in [0.2, 0.25) is 15.9 Å². The summed E-state index contributed by atoms with van der Waals surface area (Å²) in [6.45, 7) is 1.51. The maximum absolute atomic E-state index is 12.2. The number of hydrogen-bond donors (Lipinski definition) is 2. The summed E-state index contributed by atoms with van der Waals surface area (Å²) < 4.78 is 32.4. The van der Waals surface area contributed by atoms with Gasteiger partial charge in [0.1, 0.15) is 11.5 Å². The van der Waals surface area contributed by atoms with Gasteiger partial charge in [0, 0.05) is 5.69 Å². The van der Waals surface area contributed by atoms with Gasteiger partial charge in [-0.25, -0.2) is 13.1 Å². The van der Waals surface area contributed by atoms with Crippen LogP contribution in [-0.4, -0.2) is 20.9 Å². The van der Waals surface area contributed by atoms with Crippen LogP contribution in [0.5, 0.6) is 11.5 Å². The smallest absolute Gasteiger partial charge is 0.241 e. The fraction of sp³-hybridized carbons (Fsp3) is 0.0952. The number of carbonyl (C=O) groups excluding carboxylic acids is 1. The second-order valence-electron chi connectivity index (χ2n) is 6.13. The van der Waals surface area contributed by atoms with E-state index in [0.29, 0.717) is 17.2 Å². The van der Waals surface area contributed by atoms with Crippen LogP contribution >= 0.6 is 0 Å². The molecule has 0 atom stereocenters. The van der Waals surface area contributed by atoms with Crippen LogP contribution in [0.25, 0.3) is 0 Å². The lowest BCUT2D eigenvalue weighted by Crippen LogP contribution is -2.32. The van der Waals surface area contributed by atoms with Gasteiger partial charge in [-0.15, -0.1) is 0 Å². The molecular weight excluding hydrogens is 376 g/mol. The van der Waals surface area contributed by atoms with E-state index in [0.717, 1.165) is 5.56 Å². The monoisotopic (exact) mass is 396 g/mol. The Morgan fingerprint density at radius 3 is 2.11 bits per heavy atom. The molecule has 2 N–H and O–H groups in total. The van der Waals surface area contributed by atoms with Crippen molar-refractivity contribution in [3.63, 3.8) is 0 Å². The number of nitrogens with one attached hydrogen (secondary N) is 2. The Hall–Kier alpha value is -3.16. The molecule has 3 aromatic carbocycles. The highest BCUT2D eigenvalue weighted by Gasteiger charge is 2.15. The zero-order valence-corrected chi connectivity index (χ0v) is 16.1. The van der Waals surface area contributed by atoms with Gasteiger partial charge in [0.25, 0.3) is 0 Å². The van der Waals surface area contributed by atoms with Crippen molar-refractivity contribution in [2.24, 2.45) is 0 Å². The first-order valence-electron chi connectivity index (χ1n) is 8.61. The third kappa shape index (κ3) is 5.42.